The summed E-state index contributed by atoms with van der Waals surface area (Å²) in [6.07, 6.45) is 0.823. The normalized spacial score (nSPS) is 18.5. The zero-order valence-electron chi connectivity index (χ0n) is 14.0. The third kappa shape index (κ3) is 5.97. The summed E-state index contributed by atoms with van der Waals surface area (Å²) in [5.74, 6) is -1.18. The monoisotopic (exact) mass is 367 g/mol. The molecule has 1 heterocycles. The van der Waals surface area contributed by atoms with Crippen LogP contribution in [0.3, 0.4) is 0 Å². The first kappa shape index (κ1) is 19.1. The molecule has 0 bridgehead atoms. The lowest BCUT2D eigenvalue weighted by molar-refractivity contribution is -0.143. The average molecular weight is 367 g/mol. The third-order valence-electron chi connectivity index (χ3n) is 3.96. The van der Waals surface area contributed by atoms with Gasteiger partial charge in [-0.15, -0.1) is 0 Å². The minimum absolute atomic E-state index is 0.000981. The molecule has 0 unspecified atom stereocenters. The van der Waals surface area contributed by atoms with Crippen LogP contribution in [0.15, 0.2) is 24.3 Å². The molecule has 1 aliphatic heterocycles. The van der Waals surface area contributed by atoms with Crippen molar-refractivity contribution in [1.82, 2.24) is 0 Å². The van der Waals surface area contributed by atoms with Crippen molar-refractivity contribution in [2.75, 3.05) is 23.4 Å². The molecule has 2 rings (SSSR count). The van der Waals surface area contributed by atoms with Gasteiger partial charge in [0, 0.05) is 24.1 Å². The standard InChI is InChI=1S/C17H21NO6S/c1-2-16(20)18-14-5-3-13(4-6-14)15(19)10-24-17(21)9-12-7-8-25(22,23)11-12/h3-6,12H,2,7-11H2,1H3,(H,18,20)/t12-/m1/s1. The molecule has 0 saturated carbocycles. The van der Waals surface area contributed by atoms with E-state index in [4.69, 9.17) is 4.74 Å². The predicted molar refractivity (Wildman–Crippen MR) is 92.0 cm³/mol. The van der Waals surface area contributed by atoms with Crippen LogP contribution in [-0.2, 0) is 24.2 Å². The van der Waals surface area contributed by atoms with Crippen LogP contribution in [0, 0.1) is 5.92 Å². The Morgan fingerprint density at radius 3 is 2.44 bits per heavy atom. The highest BCUT2D eigenvalue weighted by Crippen LogP contribution is 2.22. The van der Waals surface area contributed by atoms with E-state index in [0.29, 0.717) is 24.1 Å². The highest BCUT2D eigenvalue weighted by molar-refractivity contribution is 7.91. The fourth-order valence-electron chi connectivity index (χ4n) is 2.55. The van der Waals surface area contributed by atoms with Gasteiger partial charge in [-0.25, -0.2) is 8.42 Å². The van der Waals surface area contributed by atoms with Crippen LogP contribution in [0.2, 0.25) is 0 Å². The van der Waals surface area contributed by atoms with E-state index in [1.807, 2.05) is 0 Å². The highest BCUT2D eigenvalue weighted by Gasteiger charge is 2.30. The number of nitrogens with one attached hydrogen (secondary N) is 1. The summed E-state index contributed by atoms with van der Waals surface area (Å²) in [6, 6.07) is 6.30. The first-order valence-corrected chi connectivity index (χ1v) is 9.90. The minimum atomic E-state index is -3.03. The molecule has 0 radical (unpaired) electrons. The molecular formula is C17H21NO6S. The number of hydrogen-bond acceptors (Lipinski definition) is 6. The number of anilines is 1. The van der Waals surface area contributed by atoms with Gasteiger partial charge in [0.15, 0.2) is 22.2 Å². The van der Waals surface area contributed by atoms with E-state index in [0.717, 1.165) is 0 Å². The number of amides is 1. The number of hydrogen-bond donors (Lipinski definition) is 1. The smallest absolute Gasteiger partial charge is 0.306 e. The molecule has 1 N–H and O–H groups in total. The third-order valence-corrected chi connectivity index (χ3v) is 5.80. The zero-order chi connectivity index (χ0) is 18.4. The average Bonchev–Trinajstić information content (AvgIpc) is 2.91. The van der Waals surface area contributed by atoms with E-state index < -0.39 is 15.8 Å². The second-order valence-corrected chi connectivity index (χ2v) is 8.26. The molecule has 1 saturated heterocycles. The van der Waals surface area contributed by atoms with Crippen LogP contribution in [0.5, 0.6) is 0 Å². The van der Waals surface area contributed by atoms with E-state index in [1.54, 1.807) is 31.2 Å². The molecule has 1 aromatic rings. The van der Waals surface area contributed by atoms with Crippen molar-refractivity contribution in [1.29, 1.82) is 0 Å². The topological polar surface area (TPSA) is 107 Å². The Hall–Kier alpha value is -2.22. The number of rotatable bonds is 7. The van der Waals surface area contributed by atoms with Crippen molar-refractivity contribution < 1.29 is 27.5 Å². The van der Waals surface area contributed by atoms with E-state index in [9.17, 15) is 22.8 Å². The number of benzene rings is 1. The van der Waals surface area contributed by atoms with Crippen molar-refractivity contribution in [3.05, 3.63) is 29.8 Å². The van der Waals surface area contributed by atoms with Crippen LogP contribution in [-0.4, -0.2) is 44.2 Å². The van der Waals surface area contributed by atoms with Gasteiger partial charge in [-0.2, -0.15) is 0 Å². The van der Waals surface area contributed by atoms with E-state index in [1.165, 1.54) is 0 Å². The first-order valence-electron chi connectivity index (χ1n) is 8.08. The van der Waals surface area contributed by atoms with Crippen molar-refractivity contribution in [3.8, 4) is 0 Å². The molecular weight excluding hydrogens is 346 g/mol. The van der Waals surface area contributed by atoms with Crippen molar-refractivity contribution in [2.24, 2.45) is 5.92 Å². The van der Waals surface area contributed by atoms with Gasteiger partial charge in [0.1, 0.15) is 0 Å². The minimum Gasteiger partial charge on any atom is -0.457 e. The maximum absolute atomic E-state index is 12.0. The number of ketones is 1. The molecule has 1 aliphatic rings. The Kier molecular flexibility index (Phi) is 6.30. The number of esters is 1. The summed E-state index contributed by atoms with van der Waals surface area (Å²) >= 11 is 0. The summed E-state index contributed by atoms with van der Waals surface area (Å²) < 4.78 is 27.7. The first-order chi connectivity index (χ1) is 11.8. The Morgan fingerprint density at radius 1 is 1.20 bits per heavy atom. The molecule has 1 aromatic carbocycles. The molecule has 0 aliphatic carbocycles. The molecule has 136 valence electrons. The summed E-state index contributed by atoms with van der Waals surface area (Å²) in [7, 11) is -3.03. The molecule has 8 heteroatoms. The van der Waals surface area contributed by atoms with Gasteiger partial charge in [0.25, 0.3) is 0 Å². The number of carbonyl (C=O) groups is 3. The van der Waals surface area contributed by atoms with Crippen LogP contribution in [0.25, 0.3) is 0 Å². The summed E-state index contributed by atoms with van der Waals surface area (Å²) in [5, 5.41) is 2.67. The van der Waals surface area contributed by atoms with Crippen LogP contribution >= 0.6 is 0 Å². The van der Waals surface area contributed by atoms with E-state index in [-0.39, 0.29) is 42.1 Å². The van der Waals surface area contributed by atoms with Gasteiger partial charge in [0.2, 0.25) is 5.91 Å². The SMILES string of the molecule is CCC(=O)Nc1ccc(C(=O)COC(=O)C[C@H]2CCS(=O)(=O)C2)cc1. The number of sulfone groups is 1. The van der Waals surface area contributed by atoms with E-state index >= 15 is 0 Å². The molecule has 25 heavy (non-hydrogen) atoms. The van der Waals surface area contributed by atoms with Crippen LogP contribution in [0.1, 0.15) is 36.5 Å². The lowest BCUT2D eigenvalue weighted by Gasteiger charge is -2.08. The Morgan fingerprint density at radius 2 is 1.88 bits per heavy atom. The number of ether oxygens (including phenoxy) is 1. The lowest BCUT2D eigenvalue weighted by atomic mass is 10.1. The second-order valence-electron chi connectivity index (χ2n) is 6.04. The largest absolute Gasteiger partial charge is 0.457 e. The Balaban J connectivity index is 1.79. The maximum Gasteiger partial charge on any atom is 0.306 e. The number of Topliss-reactive ketones (excluding diaryl/α,β-unsaturated/α-hetero) is 1. The maximum atomic E-state index is 12.0. The van der Waals surface area contributed by atoms with Crippen molar-refractivity contribution in [3.63, 3.8) is 0 Å². The summed E-state index contributed by atoms with van der Waals surface area (Å²) in [6.45, 7) is 1.35. The molecule has 7 nitrogen and oxygen atoms in total. The van der Waals surface area contributed by atoms with Crippen LogP contribution in [0.4, 0.5) is 5.69 Å². The molecule has 1 fully saturated rings. The fourth-order valence-corrected chi connectivity index (χ4v) is 4.41. The molecule has 1 atom stereocenters. The van der Waals surface area contributed by atoms with Crippen LogP contribution < -0.4 is 5.32 Å². The predicted octanol–water partition coefficient (Wildman–Crippen LogP) is 1.59. The van der Waals surface area contributed by atoms with Crippen molar-refractivity contribution >= 4 is 33.2 Å². The molecule has 0 spiro atoms. The van der Waals surface area contributed by atoms with Gasteiger partial charge in [-0.3, -0.25) is 14.4 Å². The number of carbonyl (C=O) groups excluding carboxylic acids is 3. The van der Waals surface area contributed by atoms with Crippen molar-refractivity contribution in [2.45, 2.75) is 26.2 Å². The van der Waals surface area contributed by atoms with Gasteiger partial charge in [-0.1, -0.05) is 6.92 Å². The quantitative estimate of drug-likeness (QED) is 0.579. The molecule has 0 aromatic heterocycles. The Labute approximate surface area is 146 Å². The summed E-state index contributed by atoms with van der Waals surface area (Å²) in [5.41, 5.74) is 0.952. The van der Waals surface area contributed by atoms with Gasteiger partial charge < -0.3 is 10.1 Å². The molecule has 1 amide bonds. The Bertz CT molecular complexity index is 754. The zero-order valence-corrected chi connectivity index (χ0v) is 14.8. The lowest BCUT2D eigenvalue weighted by Crippen LogP contribution is -2.17. The highest BCUT2D eigenvalue weighted by atomic mass is 32.2. The van der Waals surface area contributed by atoms with Gasteiger partial charge in [0.05, 0.1) is 11.5 Å². The summed E-state index contributed by atoms with van der Waals surface area (Å²) in [4.78, 5) is 35.0. The fraction of sp³-hybridized carbons (Fsp3) is 0.471. The van der Waals surface area contributed by atoms with E-state index in [2.05, 4.69) is 5.32 Å². The van der Waals surface area contributed by atoms with Gasteiger partial charge >= 0.3 is 5.97 Å². The van der Waals surface area contributed by atoms with Gasteiger partial charge in [-0.05, 0) is 36.6 Å². The second kappa shape index (κ2) is 8.24.